The number of hydrogen-bond donors (Lipinski definition) is 1. The Labute approximate surface area is 156 Å². The highest BCUT2D eigenvalue weighted by molar-refractivity contribution is 14.1. The van der Waals surface area contributed by atoms with Gasteiger partial charge in [-0.3, -0.25) is 9.13 Å². The molecule has 0 spiro atoms. The Morgan fingerprint density at radius 1 is 0.800 bits per heavy atom. The lowest BCUT2D eigenvalue weighted by Gasteiger charge is -2.08. The summed E-state index contributed by atoms with van der Waals surface area (Å²) in [7, 11) is 0. The van der Waals surface area contributed by atoms with Crippen molar-refractivity contribution in [2.45, 2.75) is 0 Å². The summed E-state index contributed by atoms with van der Waals surface area (Å²) in [6, 6.07) is 19.0. The molecule has 4 rings (SSSR count). The van der Waals surface area contributed by atoms with Gasteiger partial charge in [0, 0.05) is 3.57 Å². The Morgan fingerprint density at radius 3 is 2.04 bits per heavy atom. The SMILES string of the molecule is Nc1c(I)cccc1-n1c(=O)n(-c2ccccc2F)c2ccccc21. The van der Waals surface area contributed by atoms with Crippen molar-refractivity contribution in [1.82, 2.24) is 9.13 Å². The van der Waals surface area contributed by atoms with Crippen LogP contribution in [0.5, 0.6) is 0 Å². The maximum Gasteiger partial charge on any atom is 0.338 e. The maximum atomic E-state index is 14.3. The molecule has 2 N–H and O–H groups in total. The molecule has 0 radical (unpaired) electrons. The Kier molecular flexibility index (Phi) is 3.84. The highest BCUT2D eigenvalue weighted by atomic mass is 127. The highest BCUT2D eigenvalue weighted by Gasteiger charge is 2.19. The molecule has 124 valence electrons. The number of nitrogens with two attached hydrogens (primary N) is 1. The second-order valence-corrected chi connectivity index (χ2v) is 6.73. The van der Waals surface area contributed by atoms with E-state index in [-0.39, 0.29) is 11.4 Å². The average Bonchev–Trinajstić information content (AvgIpc) is 2.90. The fraction of sp³-hybridized carbons (Fsp3) is 0. The van der Waals surface area contributed by atoms with E-state index in [0.717, 1.165) is 3.57 Å². The summed E-state index contributed by atoms with van der Waals surface area (Å²) in [4.78, 5) is 13.2. The first-order valence-corrected chi connectivity index (χ1v) is 8.69. The molecule has 25 heavy (non-hydrogen) atoms. The summed E-state index contributed by atoms with van der Waals surface area (Å²) in [6.07, 6.45) is 0. The van der Waals surface area contributed by atoms with Gasteiger partial charge < -0.3 is 5.73 Å². The van der Waals surface area contributed by atoms with Crippen LogP contribution in [0.25, 0.3) is 22.4 Å². The van der Waals surface area contributed by atoms with E-state index in [9.17, 15) is 9.18 Å². The molecule has 0 atom stereocenters. The average molecular weight is 445 g/mol. The third-order valence-corrected chi connectivity index (χ3v) is 5.05. The van der Waals surface area contributed by atoms with Gasteiger partial charge in [0.1, 0.15) is 5.82 Å². The van der Waals surface area contributed by atoms with Crippen molar-refractivity contribution < 1.29 is 4.39 Å². The van der Waals surface area contributed by atoms with Crippen LogP contribution in [0.4, 0.5) is 10.1 Å². The van der Waals surface area contributed by atoms with E-state index < -0.39 is 5.82 Å². The van der Waals surface area contributed by atoms with Crippen molar-refractivity contribution in [3.63, 3.8) is 0 Å². The molecule has 0 unspecified atom stereocenters. The first-order chi connectivity index (χ1) is 12.1. The summed E-state index contributed by atoms with van der Waals surface area (Å²) in [5.74, 6) is -0.455. The Balaban J connectivity index is 2.15. The fourth-order valence-corrected chi connectivity index (χ4v) is 3.45. The van der Waals surface area contributed by atoms with Crippen LogP contribution in [0.3, 0.4) is 0 Å². The number of hydrogen-bond acceptors (Lipinski definition) is 2. The topological polar surface area (TPSA) is 52.9 Å². The molecular formula is C19H13FIN3O. The molecule has 1 heterocycles. The molecule has 0 aliphatic rings. The molecule has 6 heteroatoms. The molecule has 1 aromatic heterocycles. The molecule has 0 aliphatic heterocycles. The van der Waals surface area contributed by atoms with Crippen LogP contribution in [0.2, 0.25) is 0 Å². The summed E-state index contributed by atoms with van der Waals surface area (Å²) in [5, 5.41) is 0. The number of fused-ring (bicyclic) bond motifs is 1. The number of rotatable bonds is 2. The maximum absolute atomic E-state index is 14.3. The molecule has 0 bridgehead atoms. The zero-order valence-electron chi connectivity index (χ0n) is 13.0. The van der Waals surface area contributed by atoms with Gasteiger partial charge in [-0.25, -0.2) is 9.18 Å². The second kappa shape index (κ2) is 6.03. The van der Waals surface area contributed by atoms with Crippen molar-refractivity contribution in [2.75, 3.05) is 5.73 Å². The zero-order valence-corrected chi connectivity index (χ0v) is 15.1. The van der Waals surface area contributed by atoms with E-state index in [1.54, 1.807) is 30.3 Å². The van der Waals surface area contributed by atoms with Crippen molar-refractivity contribution in [3.05, 3.63) is 86.6 Å². The van der Waals surface area contributed by atoms with Gasteiger partial charge in [-0.1, -0.05) is 30.3 Å². The number of anilines is 1. The Bertz CT molecular complexity index is 1160. The number of nitrogens with zero attached hydrogens (tertiary/aromatic N) is 2. The van der Waals surface area contributed by atoms with Gasteiger partial charge in [0.2, 0.25) is 0 Å². The standard InChI is InChI=1S/C19H13FIN3O/c20-12-6-1-2-8-14(12)23-15-9-3-4-10-16(15)24(19(23)25)17-11-5-7-13(21)18(17)22/h1-11H,22H2. The van der Waals surface area contributed by atoms with E-state index in [4.69, 9.17) is 5.73 Å². The molecular weight excluding hydrogens is 432 g/mol. The normalized spacial score (nSPS) is 11.1. The molecule has 0 saturated heterocycles. The van der Waals surface area contributed by atoms with E-state index >= 15 is 0 Å². The van der Waals surface area contributed by atoms with Gasteiger partial charge in [0.25, 0.3) is 0 Å². The zero-order chi connectivity index (χ0) is 17.6. The van der Waals surface area contributed by atoms with Crippen molar-refractivity contribution in [2.24, 2.45) is 0 Å². The minimum atomic E-state index is -0.455. The lowest BCUT2D eigenvalue weighted by Crippen LogP contribution is -2.23. The predicted molar refractivity (Wildman–Crippen MR) is 106 cm³/mol. The van der Waals surface area contributed by atoms with Gasteiger partial charge in [-0.05, 0) is 59.0 Å². The van der Waals surface area contributed by atoms with Gasteiger partial charge in [0.15, 0.2) is 0 Å². The van der Waals surface area contributed by atoms with Crippen LogP contribution in [-0.4, -0.2) is 9.13 Å². The van der Waals surface area contributed by atoms with Gasteiger partial charge in [-0.15, -0.1) is 0 Å². The monoisotopic (exact) mass is 445 g/mol. The number of halogens is 2. The van der Waals surface area contributed by atoms with Crippen LogP contribution < -0.4 is 11.4 Å². The van der Waals surface area contributed by atoms with Gasteiger partial charge in [0.05, 0.1) is 28.1 Å². The second-order valence-electron chi connectivity index (χ2n) is 5.57. The largest absolute Gasteiger partial charge is 0.396 e. The van der Waals surface area contributed by atoms with Gasteiger partial charge in [-0.2, -0.15) is 0 Å². The van der Waals surface area contributed by atoms with Crippen LogP contribution in [0, 0.1) is 9.39 Å². The van der Waals surface area contributed by atoms with Crippen LogP contribution in [0.1, 0.15) is 0 Å². The number of imidazole rings is 1. The molecule has 0 aliphatic carbocycles. The van der Waals surface area contributed by atoms with E-state index in [2.05, 4.69) is 22.6 Å². The number of benzene rings is 3. The molecule has 4 nitrogen and oxygen atoms in total. The molecule has 0 saturated carbocycles. The number of para-hydroxylation sites is 4. The molecule has 3 aromatic carbocycles. The summed E-state index contributed by atoms with van der Waals surface area (Å²) >= 11 is 2.13. The molecule has 0 fully saturated rings. The lowest BCUT2D eigenvalue weighted by atomic mass is 10.2. The Morgan fingerprint density at radius 2 is 1.36 bits per heavy atom. The van der Waals surface area contributed by atoms with Crippen molar-refractivity contribution in [1.29, 1.82) is 0 Å². The van der Waals surface area contributed by atoms with E-state index in [1.165, 1.54) is 15.2 Å². The third kappa shape index (κ3) is 2.44. The minimum absolute atomic E-state index is 0.214. The van der Waals surface area contributed by atoms with E-state index in [1.807, 2.05) is 30.3 Å². The lowest BCUT2D eigenvalue weighted by molar-refractivity contribution is 0.617. The summed E-state index contributed by atoms with van der Waals surface area (Å²) in [6.45, 7) is 0. The van der Waals surface area contributed by atoms with Crippen LogP contribution in [-0.2, 0) is 0 Å². The quantitative estimate of drug-likeness (QED) is 0.373. The number of aromatic nitrogens is 2. The first-order valence-electron chi connectivity index (χ1n) is 7.61. The van der Waals surface area contributed by atoms with Crippen molar-refractivity contribution in [3.8, 4) is 11.4 Å². The van der Waals surface area contributed by atoms with Crippen molar-refractivity contribution >= 4 is 39.3 Å². The highest BCUT2D eigenvalue weighted by Crippen LogP contribution is 2.27. The predicted octanol–water partition coefficient (Wildman–Crippen LogP) is 4.11. The number of nitrogen functional groups attached to an aromatic ring is 1. The van der Waals surface area contributed by atoms with Crippen LogP contribution >= 0.6 is 22.6 Å². The third-order valence-electron chi connectivity index (χ3n) is 4.11. The minimum Gasteiger partial charge on any atom is -0.396 e. The van der Waals surface area contributed by atoms with Crippen LogP contribution in [0.15, 0.2) is 71.5 Å². The summed E-state index contributed by atoms with van der Waals surface area (Å²) < 4.78 is 18.1. The fourth-order valence-electron chi connectivity index (χ4n) is 2.97. The summed E-state index contributed by atoms with van der Waals surface area (Å²) in [5.41, 5.74) is 8.45. The first kappa shape index (κ1) is 15.9. The smallest absolute Gasteiger partial charge is 0.338 e. The van der Waals surface area contributed by atoms with E-state index in [0.29, 0.717) is 22.4 Å². The Hall–Kier alpha value is -2.61. The molecule has 4 aromatic rings. The molecule has 0 amide bonds. The van der Waals surface area contributed by atoms with Gasteiger partial charge >= 0.3 is 5.69 Å².